The van der Waals surface area contributed by atoms with Crippen molar-refractivity contribution in [2.45, 2.75) is 12.6 Å². The SMILES string of the molecule is CN(C)C(=O)[C@@H]1CCNC1.O=C(O)C(F)(F)F. The first kappa shape index (κ1) is 15.7. The fourth-order valence-electron chi connectivity index (χ4n) is 1.23. The van der Waals surface area contributed by atoms with Crippen molar-refractivity contribution in [2.24, 2.45) is 5.92 Å². The standard InChI is InChI=1S/C7H14N2O.C2HF3O2/c1-9(2)7(10)6-3-4-8-5-6;3-2(4,5)1(6)7/h6,8H,3-5H2,1-2H3;(H,6,7)/t6-;/m1./s1. The summed E-state index contributed by atoms with van der Waals surface area (Å²) in [6.07, 6.45) is -4.09. The molecule has 0 aliphatic carbocycles. The topological polar surface area (TPSA) is 69.6 Å². The van der Waals surface area contributed by atoms with Gasteiger partial charge in [0.2, 0.25) is 5.91 Å². The number of nitrogens with one attached hydrogen (secondary N) is 1. The molecule has 0 bridgehead atoms. The van der Waals surface area contributed by atoms with E-state index >= 15 is 0 Å². The quantitative estimate of drug-likeness (QED) is 0.708. The minimum atomic E-state index is -5.08. The van der Waals surface area contributed by atoms with E-state index in [2.05, 4.69) is 5.32 Å². The number of carboxylic acid groups (broad SMARTS) is 1. The summed E-state index contributed by atoms with van der Waals surface area (Å²) < 4.78 is 31.7. The van der Waals surface area contributed by atoms with Gasteiger partial charge in [-0.2, -0.15) is 13.2 Å². The molecule has 1 aliphatic rings. The van der Waals surface area contributed by atoms with Crippen LogP contribution in [0.2, 0.25) is 0 Å². The van der Waals surface area contributed by atoms with Crippen molar-refractivity contribution in [3.05, 3.63) is 0 Å². The van der Waals surface area contributed by atoms with Crippen LogP contribution in [-0.2, 0) is 9.59 Å². The Morgan fingerprint density at radius 3 is 2.06 bits per heavy atom. The molecule has 1 saturated heterocycles. The zero-order valence-electron chi connectivity index (χ0n) is 9.54. The summed E-state index contributed by atoms with van der Waals surface area (Å²) in [5.74, 6) is -2.27. The van der Waals surface area contributed by atoms with E-state index in [0.29, 0.717) is 0 Å². The molecule has 0 unspecified atom stereocenters. The number of carbonyl (C=O) groups is 2. The molecule has 0 spiro atoms. The van der Waals surface area contributed by atoms with Crippen LogP contribution in [0.25, 0.3) is 0 Å². The summed E-state index contributed by atoms with van der Waals surface area (Å²) in [7, 11) is 3.61. The number of hydrogen-bond acceptors (Lipinski definition) is 3. The van der Waals surface area contributed by atoms with Gasteiger partial charge in [0.05, 0.1) is 5.92 Å². The predicted molar refractivity (Wildman–Crippen MR) is 53.4 cm³/mol. The Bertz CT molecular complexity index is 273. The van der Waals surface area contributed by atoms with Crippen molar-refractivity contribution in [3.63, 3.8) is 0 Å². The van der Waals surface area contributed by atoms with Crippen molar-refractivity contribution in [1.82, 2.24) is 10.2 Å². The minimum Gasteiger partial charge on any atom is -0.475 e. The molecule has 0 aromatic carbocycles. The Morgan fingerprint density at radius 2 is 1.82 bits per heavy atom. The highest BCUT2D eigenvalue weighted by Crippen LogP contribution is 2.13. The van der Waals surface area contributed by atoms with Crippen LogP contribution in [0.4, 0.5) is 13.2 Å². The molecule has 1 fully saturated rings. The lowest BCUT2D eigenvalue weighted by molar-refractivity contribution is -0.192. The van der Waals surface area contributed by atoms with E-state index in [1.165, 1.54) is 0 Å². The molecule has 1 rings (SSSR count). The molecular formula is C9H15F3N2O3. The van der Waals surface area contributed by atoms with Crippen LogP contribution < -0.4 is 5.32 Å². The number of aliphatic carboxylic acids is 1. The molecule has 5 nitrogen and oxygen atoms in total. The maximum Gasteiger partial charge on any atom is 0.490 e. The Hall–Kier alpha value is -1.31. The third-order valence-electron chi connectivity index (χ3n) is 2.09. The molecule has 0 aromatic heterocycles. The fourth-order valence-corrected chi connectivity index (χ4v) is 1.23. The molecular weight excluding hydrogens is 241 g/mol. The number of hydrogen-bond donors (Lipinski definition) is 2. The van der Waals surface area contributed by atoms with E-state index in [9.17, 15) is 18.0 Å². The second kappa shape index (κ2) is 6.43. The summed E-state index contributed by atoms with van der Waals surface area (Å²) >= 11 is 0. The third-order valence-corrected chi connectivity index (χ3v) is 2.09. The largest absolute Gasteiger partial charge is 0.490 e. The summed E-state index contributed by atoms with van der Waals surface area (Å²) in [5.41, 5.74) is 0. The lowest BCUT2D eigenvalue weighted by atomic mass is 10.1. The molecule has 1 aliphatic heterocycles. The van der Waals surface area contributed by atoms with Crippen molar-refractivity contribution in [1.29, 1.82) is 0 Å². The first-order chi connectivity index (χ1) is 7.66. The van der Waals surface area contributed by atoms with E-state index in [0.717, 1.165) is 19.5 Å². The van der Waals surface area contributed by atoms with Gasteiger partial charge in [0.15, 0.2) is 0 Å². The zero-order valence-corrected chi connectivity index (χ0v) is 9.54. The van der Waals surface area contributed by atoms with E-state index in [-0.39, 0.29) is 11.8 Å². The minimum absolute atomic E-state index is 0.231. The zero-order chi connectivity index (χ0) is 13.6. The fraction of sp³-hybridized carbons (Fsp3) is 0.778. The molecule has 1 amide bonds. The molecule has 0 saturated carbocycles. The number of halogens is 3. The van der Waals surface area contributed by atoms with Gasteiger partial charge in [-0.15, -0.1) is 0 Å². The first-order valence-electron chi connectivity index (χ1n) is 4.88. The number of carbonyl (C=O) groups excluding carboxylic acids is 1. The van der Waals surface area contributed by atoms with Gasteiger partial charge in [-0.25, -0.2) is 4.79 Å². The number of amides is 1. The van der Waals surface area contributed by atoms with Crippen molar-refractivity contribution in [3.8, 4) is 0 Å². The Labute approximate surface area is 96.6 Å². The number of alkyl halides is 3. The molecule has 0 radical (unpaired) electrons. The van der Waals surface area contributed by atoms with Gasteiger partial charge in [-0.1, -0.05) is 0 Å². The lowest BCUT2D eigenvalue weighted by Crippen LogP contribution is -2.30. The molecule has 0 aromatic rings. The van der Waals surface area contributed by atoms with Gasteiger partial charge in [0.1, 0.15) is 0 Å². The Balaban J connectivity index is 0.000000325. The summed E-state index contributed by atoms with van der Waals surface area (Å²) in [4.78, 5) is 21.8. The predicted octanol–water partition coefficient (Wildman–Crippen LogP) is 0.317. The highest BCUT2D eigenvalue weighted by molar-refractivity contribution is 5.78. The number of carboxylic acids is 1. The molecule has 17 heavy (non-hydrogen) atoms. The molecule has 1 atom stereocenters. The average molecular weight is 256 g/mol. The van der Waals surface area contributed by atoms with Crippen LogP contribution in [0, 0.1) is 5.92 Å². The van der Waals surface area contributed by atoms with E-state index in [4.69, 9.17) is 9.90 Å². The normalized spacial score (nSPS) is 19.2. The highest BCUT2D eigenvalue weighted by Gasteiger charge is 2.38. The molecule has 1 heterocycles. The summed E-state index contributed by atoms with van der Waals surface area (Å²) in [6.45, 7) is 1.85. The van der Waals surface area contributed by atoms with Crippen LogP contribution in [0.3, 0.4) is 0 Å². The second-order valence-corrected chi connectivity index (χ2v) is 3.73. The first-order valence-corrected chi connectivity index (χ1v) is 4.88. The van der Waals surface area contributed by atoms with Gasteiger partial charge in [-0.3, -0.25) is 4.79 Å². The van der Waals surface area contributed by atoms with E-state index in [1.54, 1.807) is 19.0 Å². The molecule has 8 heteroatoms. The summed E-state index contributed by atoms with van der Waals surface area (Å²) in [6, 6.07) is 0. The molecule has 2 N–H and O–H groups in total. The van der Waals surface area contributed by atoms with Crippen molar-refractivity contribution in [2.75, 3.05) is 27.2 Å². The monoisotopic (exact) mass is 256 g/mol. The van der Waals surface area contributed by atoms with Crippen LogP contribution >= 0.6 is 0 Å². The van der Waals surface area contributed by atoms with Gasteiger partial charge >= 0.3 is 12.1 Å². The van der Waals surface area contributed by atoms with Gasteiger partial charge in [-0.05, 0) is 13.0 Å². The lowest BCUT2D eigenvalue weighted by Gasteiger charge is -2.14. The van der Waals surface area contributed by atoms with Gasteiger partial charge < -0.3 is 15.3 Å². The summed E-state index contributed by atoms with van der Waals surface area (Å²) in [5, 5.41) is 10.3. The smallest absolute Gasteiger partial charge is 0.475 e. The van der Waals surface area contributed by atoms with Crippen LogP contribution in [0.15, 0.2) is 0 Å². The van der Waals surface area contributed by atoms with Crippen molar-refractivity contribution >= 4 is 11.9 Å². The van der Waals surface area contributed by atoms with E-state index < -0.39 is 12.1 Å². The van der Waals surface area contributed by atoms with E-state index in [1.807, 2.05) is 0 Å². The average Bonchev–Trinajstić information content (AvgIpc) is 2.68. The van der Waals surface area contributed by atoms with Crippen molar-refractivity contribution < 1.29 is 27.9 Å². The highest BCUT2D eigenvalue weighted by atomic mass is 19.4. The number of rotatable bonds is 1. The van der Waals surface area contributed by atoms with Gasteiger partial charge in [0.25, 0.3) is 0 Å². The Kier molecular flexibility index (Phi) is 5.94. The maximum absolute atomic E-state index is 11.2. The Morgan fingerprint density at radius 1 is 1.35 bits per heavy atom. The second-order valence-electron chi connectivity index (χ2n) is 3.73. The van der Waals surface area contributed by atoms with Crippen LogP contribution in [-0.4, -0.2) is 55.2 Å². The van der Waals surface area contributed by atoms with Gasteiger partial charge in [0, 0.05) is 20.6 Å². The molecule has 100 valence electrons. The maximum atomic E-state index is 11.2. The van der Waals surface area contributed by atoms with Crippen LogP contribution in [0.1, 0.15) is 6.42 Å². The number of nitrogens with zero attached hydrogens (tertiary/aromatic N) is 1. The third kappa shape index (κ3) is 6.10. The van der Waals surface area contributed by atoms with Crippen LogP contribution in [0.5, 0.6) is 0 Å².